The zero-order chi connectivity index (χ0) is 20.4. The van der Waals surface area contributed by atoms with Gasteiger partial charge in [0.1, 0.15) is 0 Å². The van der Waals surface area contributed by atoms with Gasteiger partial charge in [0.15, 0.2) is 9.84 Å². The summed E-state index contributed by atoms with van der Waals surface area (Å²) in [6, 6.07) is 14.5. The van der Waals surface area contributed by atoms with Crippen LogP contribution in [0.3, 0.4) is 0 Å². The van der Waals surface area contributed by atoms with Gasteiger partial charge in [-0.15, -0.1) is 0 Å². The van der Waals surface area contributed by atoms with Gasteiger partial charge in [0.2, 0.25) is 5.91 Å². The fourth-order valence-corrected chi connectivity index (χ4v) is 4.13. The molecular weight excluding hydrogens is 374 g/mol. The van der Waals surface area contributed by atoms with Gasteiger partial charge in [-0.05, 0) is 29.2 Å². The van der Waals surface area contributed by atoms with Crippen molar-refractivity contribution in [2.75, 3.05) is 12.3 Å². The smallest absolute Gasteiger partial charge is 0.226 e. The second-order valence-electron chi connectivity index (χ2n) is 7.84. The molecule has 3 rings (SSSR count). The maximum Gasteiger partial charge on any atom is 0.226 e. The van der Waals surface area contributed by atoms with Gasteiger partial charge in [0.05, 0.1) is 28.3 Å². The number of hydrogen-bond acceptors (Lipinski definition) is 4. The monoisotopic (exact) mass is 399 g/mol. The van der Waals surface area contributed by atoms with Gasteiger partial charge < -0.3 is 5.32 Å². The van der Waals surface area contributed by atoms with Crippen molar-refractivity contribution in [1.29, 1.82) is 0 Å². The average molecular weight is 400 g/mol. The van der Waals surface area contributed by atoms with Crippen LogP contribution in [0.2, 0.25) is 0 Å². The van der Waals surface area contributed by atoms with E-state index >= 15 is 0 Å². The lowest BCUT2D eigenvalue weighted by Gasteiger charge is -2.19. The number of aromatic amines is 1. The van der Waals surface area contributed by atoms with Crippen LogP contribution in [0, 0.1) is 0 Å². The molecule has 2 N–H and O–H groups in total. The lowest BCUT2D eigenvalue weighted by atomic mass is 9.87. The van der Waals surface area contributed by atoms with Crippen molar-refractivity contribution in [3.8, 4) is 0 Å². The standard InChI is InChI=1S/C21H25N3O3S/c1-21(2,3)15-8-10-16(11-9-15)28(26,27)13-12-22-20(25)14-19-17-6-4-5-7-18(17)23-24-19/h4-11H,12-14H2,1-3H3,(H,22,25)(H,23,24). The van der Waals surface area contributed by atoms with E-state index < -0.39 is 9.84 Å². The number of para-hydroxylation sites is 1. The highest BCUT2D eigenvalue weighted by Gasteiger charge is 2.18. The highest BCUT2D eigenvalue weighted by Crippen LogP contribution is 2.23. The van der Waals surface area contributed by atoms with Crippen LogP contribution in [-0.4, -0.2) is 36.8 Å². The molecule has 0 saturated heterocycles. The maximum atomic E-state index is 12.5. The van der Waals surface area contributed by atoms with Gasteiger partial charge in [0, 0.05) is 11.9 Å². The summed E-state index contributed by atoms with van der Waals surface area (Å²) in [5, 5.41) is 10.6. The number of nitrogens with one attached hydrogen (secondary N) is 2. The van der Waals surface area contributed by atoms with Crippen molar-refractivity contribution in [3.63, 3.8) is 0 Å². The van der Waals surface area contributed by atoms with Crippen LogP contribution in [0.5, 0.6) is 0 Å². The van der Waals surface area contributed by atoms with E-state index in [1.54, 1.807) is 12.1 Å². The lowest BCUT2D eigenvalue weighted by molar-refractivity contribution is -0.120. The molecule has 0 saturated carbocycles. The minimum atomic E-state index is -3.45. The molecule has 0 aliphatic heterocycles. The quantitative estimate of drug-likeness (QED) is 0.666. The van der Waals surface area contributed by atoms with E-state index in [9.17, 15) is 13.2 Å². The molecule has 7 heteroatoms. The second kappa shape index (κ2) is 7.75. The van der Waals surface area contributed by atoms with Crippen molar-refractivity contribution < 1.29 is 13.2 Å². The number of fused-ring (bicyclic) bond motifs is 1. The highest BCUT2D eigenvalue weighted by molar-refractivity contribution is 7.91. The molecule has 2 aromatic carbocycles. The Hall–Kier alpha value is -2.67. The van der Waals surface area contributed by atoms with Crippen LogP contribution in [0.15, 0.2) is 53.4 Å². The zero-order valence-corrected chi connectivity index (χ0v) is 17.1. The molecule has 0 fully saturated rings. The number of benzene rings is 2. The summed E-state index contributed by atoms with van der Waals surface area (Å²) in [5.41, 5.74) is 2.56. The summed E-state index contributed by atoms with van der Waals surface area (Å²) in [6.07, 6.45) is 0.126. The fraction of sp³-hybridized carbons (Fsp3) is 0.333. The van der Waals surface area contributed by atoms with E-state index in [0.29, 0.717) is 5.69 Å². The molecule has 0 bridgehead atoms. The Morgan fingerprint density at radius 1 is 1.07 bits per heavy atom. The molecule has 0 spiro atoms. The number of carbonyl (C=O) groups excluding carboxylic acids is 1. The Morgan fingerprint density at radius 2 is 1.75 bits per heavy atom. The maximum absolute atomic E-state index is 12.5. The summed E-state index contributed by atoms with van der Waals surface area (Å²) in [7, 11) is -3.45. The van der Waals surface area contributed by atoms with Gasteiger partial charge in [-0.2, -0.15) is 5.10 Å². The predicted octanol–water partition coefficient (Wildman–Crippen LogP) is 2.99. The van der Waals surface area contributed by atoms with Crippen LogP contribution >= 0.6 is 0 Å². The van der Waals surface area contributed by atoms with Crippen molar-refractivity contribution >= 4 is 26.6 Å². The van der Waals surface area contributed by atoms with E-state index in [4.69, 9.17) is 0 Å². The summed E-state index contributed by atoms with van der Waals surface area (Å²) in [4.78, 5) is 12.5. The second-order valence-corrected chi connectivity index (χ2v) is 9.95. The molecule has 0 atom stereocenters. The Balaban J connectivity index is 1.57. The van der Waals surface area contributed by atoms with Gasteiger partial charge >= 0.3 is 0 Å². The summed E-state index contributed by atoms with van der Waals surface area (Å²) in [5.74, 6) is -0.384. The molecule has 28 heavy (non-hydrogen) atoms. The van der Waals surface area contributed by atoms with Crippen molar-refractivity contribution in [3.05, 3.63) is 59.8 Å². The molecule has 3 aromatic rings. The number of hydrogen-bond donors (Lipinski definition) is 2. The van der Waals surface area contributed by atoms with Crippen molar-refractivity contribution in [2.45, 2.75) is 37.5 Å². The number of carbonyl (C=O) groups is 1. The minimum Gasteiger partial charge on any atom is -0.355 e. The van der Waals surface area contributed by atoms with E-state index in [2.05, 4.69) is 36.3 Å². The van der Waals surface area contributed by atoms with Gasteiger partial charge in [-0.1, -0.05) is 51.1 Å². The first-order chi connectivity index (χ1) is 13.2. The van der Waals surface area contributed by atoms with Crippen LogP contribution in [0.25, 0.3) is 10.9 Å². The third kappa shape index (κ3) is 4.59. The SMILES string of the molecule is CC(C)(C)c1ccc(S(=O)(=O)CCNC(=O)Cc2[nH]nc3ccccc23)cc1. The molecule has 1 heterocycles. The van der Waals surface area contributed by atoms with Gasteiger partial charge in [0.25, 0.3) is 0 Å². The fourth-order valence-electron chi connectivity index (χ4n) is 2.98. The molecule has 6 nitrogen and oxygen atoms in total. The number of rotatable bonds is 6. The van der Waals surface area contributed by atoms with Gasteiger partial charge in [-0.25, -0.2) is 8.42 Å². The molecule has 0 unspecified atom stereocenters. The van der Waals surface area contributed by atoms with E-state index in [1.807, 2.05) is 36.4 Å². The van der Waals surface area contributed by atoms with Crippen LogP contribution in [-0.2, 0) is 26.5 Å². The van der Waals surface area contributed by atoms with Crippen LogP contribution in [0.4, 0.5) is 0 Å². The van der Waals surface area contributed by atoms with E-state index in [-0.39, 0.29) is 34.9 Å². The normalized spacial score (nSPS) is 12.2. The molecule has 0 aliphatic rings. The zero-order valence-electron chi connectivity index (χ0n) is 16.3. The number of aromatic nitrogens is 2. The number of amides is 1. The molecule has 1 amide bonds. The average Bonchev–Trinajstić information content (AvgIpc) is 3.04. The molecule has 0 radical (unpaired) electrons. The van der Waals surface area contributed by atoms with Crippen molar-refractivity contribution in [2.24, 2.45) is 0 Å². The Bertz CT molecular complexity index is 1080. The predicted molar refractivity (Wildman–Crippen MR) is 110 cm³/mol. The lowest BCUT2D eigenvalue weighted by Crippen LogP contribution is -2.30. The first-order valence-electron chi connectivity index (χ1n) is 9.19. The summed E-state index contributed by atoms with van der Waals surface area (Å²) in [6.45, 7) is 6.30. The Morgan fingerprint density at radius 3 is 2.43 bits per heavy atom. The summed E-state index contributed by atoms with van der Waals surface area (Å²) >= 11 is 0. The van der Waals surface area contributed by atoms with Crippen LogP contribution < -0.4 is 5.32 Å². The third-order valence-electron chi connectivity index (χ3n) is 4.65. The minimum absolute atomic E-state index is 0.0346. The van der Waals surface area contributed by atoms with Crippen molar-refractivity contribution in [1.82, 2.24) is 15.5 Å². The molecular formula is C21H25N3O3S. The first-order valence-corrected chi connectivity index (χ1v) is 10.8. The Kier molecular flexibility index (Phi) is 5.56. The molecule has 1 aromatic heterocycles. The topological polar surface area (TPSA) is 91.9 Å². The highest BCUT2D eigenvalue weighted by atomic mass is 32.2. The number of H-pyrrole nitrogens is 1. The number of nitrogens with zero attached hydrogens (tertiary/aromatic N) is 1. The third-order valence-corrected chi connectivity index (χ3v) is 6.38. The largest absolute Gasteiger partial charge is 0.355 e. The van der Waals surface area contributed by atoms with Gasteiger partial charge in [-0.3, -0.25) is 9.89 Å². The van der Waals surface area contributed by atoms with E-state index in [0.717, 1.165) is 16.5 Å². The Labute approximate surface area is 165 Å². The number of sulfone groups is 1. The van der Waals surface area contributed by atoms with E-state index in [1.165, 1.54) is 0 Å². The molecule has 148 valence electrons. The molecule has 0 aliphatic carbocycles. The van der Waals surface area contributed by atoms with Crippen LogP contribution in [0.1, 0.15) is 32.0 Å². The summed E-state index contributed by atoms with van der Waals surface area (Å²) < 4.78 is 25.0. The first kappa shape index (κ1) is 20.1.